The van der Waals surface area contributed by atoms with Crippen molar-refractivity contribution in [2.75, 3.05) is 12.8 Å². The molecule has 0 aliphatic carbocycles. The fourth-order valence-electron chi connectivity index (χ4n) is 1.25. The third kappa shape index (κ3) is 2.98. The molecule has 0 aliphatic heterocycles. The van der Waals surface area contributed by atoms with Crippen molar-refractivity contribution >= 4 is 17.6 Å². The van der Waals surface area contributed by atoms with Gasteiger partial charge < -0.3 is 15.6 Å². The maximum atomic E-state index is 10.9. The second-order valence-corrected chi connectivity index (χ2v) is 3.32. The molecule has 5 nitrogen and oxygen atoms in total. The minimum Gasteiger partial charge on any atom is -0.478 e. The van der Waals surface area contributed by atoms with Crippen LogP contribution in [0.25, 0.3) is 0 Å². The van der Waals surface area contributed by atoms with E-state index >= 15 is 0 Å². The van der Waals surface area contributed by atoms with Crippen molar-refractivity contribution in [3.63, 3.8) is 0 Å². The van der Waals surface area contributed by atoms with Crippen molar-refractivity contribution in [1.82, 2.24) is 0 Å². The maximum absolute atomic E-state index is 10.9. The molecule has 0 fully saturated rings. The minimum atomic E-state index is -1.13. The van der Waals surface area contributed by atoms with Gasteiger partial charge in [0.2, 0.25) is 0 Å². The number of methoxy groups -OCH3 is 1. The normalized spacial score (nSPS) is 9.06. The largest absolute Gasteiger partial charge is 0.478 e. The number of rotatable bonds is 1. The number of anilines is 1. The summed E-state index contributed by atoms with van der Waals surface area (Å²) < 4.78 is 4.35. The molecular weight excluding hydrogens is 222 g/mol. The highest BCUT2D eigenvalue weighted by Gasteiger charge is 2.11. The van der Waals surface area contributed by atoms with Crippen LogP contribution in [0, 0.1) is 18.8 Å². The number of hydrogen-bond donors (Lipinski definition) is 2. The van der Waals surface area contributed by atoms with Crippen LogP contribution in [0.4, 0.5) is 5.69 Å². The van der Waals surface area contributed by atoms with Gasteiger partial charge in [0.1, 0.15) is 0 Å². The molecule has 0 saturated carbocycles. The van der Waals surface area contributed by atoms with E-state index in [1.807, 2.05) is 0 Å². The topological polar surface area (TPSA) is 89.6 Å². The van der Waals surface area contributed by atoms with Gasteiger partial charge in [0.15, 0.2) is 0 Å². The van der Waals surface area contributed by atoms with E-state index in [-0.39, 0.29) is 11.3 Å². The second-order valence-electron chi connectivity index (χ2n) is 3.32. The number of hydrogen-bond acceptors (Lipinski definition) is 4. The lowest BCUT2D eigenvalue weighted by molar-refractivity contribution is -0.133. The monoisotopic (exact) mass is 233 g/mol. The fourth-order valence-corrected chi connectivity index (χ4v) is 1.25. The van der Waals surface area contributed by atoms with E-state index in [9.17, 15) is 9.59 Å². The Labute approximate surface area is 98.2 Å². The molecule has 0 aliphatic rings. The van der Waals surface area contributed by atoms with Crippen molar-refractivity contribution in [3.8, 4) is 11.8 Å². The number of aromatic carboxylic acids is 1. The first-order valence-electron chi connectivity index (χ1n) is 4.69. The number of benzene rings is 1. The number of aryl methyl sites for hydroxylation is 1. The number of esters is 1. The van der Waals surface area contributed by atoms with Crippen LogP contribution >= 0.6 is 0 Å². The summed E-state index contributed by atoms with van der Waals surface area (Å²) in [5.41, 5.74) is 6.66. The lowest BCUT2D eigenvalue weighted by Gasteiger charge is -2.05. The van der Waals surface area contributed by atoms with Crippen LogP contribution in [0.5, 0.6) is 0 Å². The summed E-state index contributed by atoms with van der Waals surface area (Å²) in [7, 11) is 1.21. The Kier molecular flexibility index (Phi) is 3.73. The molecule has 1 aromatic rings. The standard InChI is InChI=1S/C12H11NO4/c1-7-5-8(3-4-10(14)17-2)11(13)9(6-7)12(15)16/h5-6H,13H2,1-2H3,(H,15,16). The molecule has 0 unspecified atom stereocenters. The molecule has 0 aromatic heterocycles. The Bertz CT molecular complexity index is 537. The van der Waals surface area contributed by atoms with Crippen molar-refractivity contribution in [1.29, 1.82) is 0 Å². The zero-order chi connectivity index (χ0) is 13.0. The van der Waals surface area contributed by atoms with Gasteiger partial charge in [-0.25, -0.2) is 9.59 Å². The van der Waals surface area contributed by atoms with Gasteiger partial charge in [-0.15, -0.1) is 0 Å². The summed E-state index contributed by atoms with van der Waals surface area (Å²) in [6, 6.07) is 3.05. The third-order valence-corrected chi connectivity index (χ3v) is 2.04. The van der Waals surface area contributed by atoms with E-state index in [0.29, 0.717) is 11.1 Å². The van der Waals surface area contributed by atoms with E-state index in [4.69, 9.17) is 10.8 Å². The Hall–Kier alpha value is -2.48. The molecular formula is C12H11NO4. The highest BCUT2D eigenvalue weighted by atomic mass is 16.5. The molecule has 3 N–H and O–H groups in total. The summed E-state index contributed by atoms with van der Waals surface area (Å²) >= 11 is 0. The number of carboxylic acids is 1. The van der Waals surface area contributed by atoms with Gasteiger partial charge in [-0.1, -0.05) is 5.92 Å². The van der Waals surface area contributed by atoms with Crippen LogP contribution in [0.15, 0.2) is 12.1 Å². The van der Waals surface area contributed by atoms with Crippen LogP contribution < -0.4 is 5.73 Å². The van der Waals surface area contributed by atoms with Gasteiger partial charge in [0.25, 0.3) is 0 Å². The third-order valence-electron chi connectivity index (χ3n) is 2.04. The molecule has 0 amide bonds. The maximum Gasteiger partial charge on any atom is 0.384 e. The molecule has 0 atom stereocenters. The van der Waals surface area contributed by atoms with E-state index in [0.717, 1.165) is 0 Å². The zero-order valence-corrected chi connectivity index (χ0v) is 9.40. The van der Waals surface area contributed by atoms with E-state index < -0.39 is 11.9 Å². The first-order valence-corrected chi connectivity index (χ1v) is 4.69. The smallest absolute Gasteiger partial charge is 0.384 e. The van der Waals surface area contributed by atoms with Gasteiger partial charge in [0, 0.05) is 11.5 Å². The summed E-state index contributed by atoms with van der Waals surface area (Å²) in [5, 5.41) is 8.92. The number of ether oxygens (including phenoxy) is 1. The highest BCUT2D eigenvalue weighted by molar-refractivity contribution is 5.96. The lowest BCUT2D eigenvalue weighted by Crippen LogP contribution is -2.05. The summed E-state index contributed by atoms with van der Waals surface area (Å²) in [4.78, 5) is 21.7. The van der Waals surface area contributed by atoms with Crippen molar-refractivity contribution < 1.29 is 19.4 Å². The molecule has 0 spiro atoms. The van der Waals surface area contributed by atoms with Crippen LogP contribution in [0.3, 0.4) is 0 Å². The predicted molar refractivity (Wildman–Crippen MR) is 61.4 cm³/mol. The van der Waals surface area contributed by atoms with Crippen LogP contribution in [0.1, 0.15) is 21.5 Å². The minimum absolute atomic E-state index is 0.0286. The molecule has 88 valence electrons. The van der Waals surface area contributed by atoms with E-state index in [1.165, 1.54) is 13.2 Å². The molecule has 0 saturated heterocycles. The van der Waals surface area contributed by atoms with E-state index in [1.54, 1.807) is 13.0 Å². The first-order chi connectivity index (χ1) is 7.95. The Morgan fingerprint density at radius 1 is 1.41 bits per heavy atom. The Balaban J connectivity index is 3.28. The number of carbonyl (C=O) groups excluding carboxylic acids is 1. The summed E-state index contributed by atoms with van der Waals surface area (Å²) in [5.74, 6) is 2.85. The molecule has 1 aromatic carbocycles. The molecule has 17 heavy (non-hydrogen) atoms. The number of nitrogen functional groups attached to an aromatic ring is 1. The molecule has 1 rings (SSSR count). The summed E-state index contributed by atoms with van der Waals surface area (Å²) in [6.07, 6.45) is 0. The van der Waals surface area contributed by atoms with Crippen LogP contribution in [-0.4, -0.2) is 24.2 Å². The van der Waals surface area contributed by atoms with Gasteiger partial charge in [-0.3, -0.25) is 0 Å². The second kappa shape index (κ2) is 5.03. The SMILES string of the molecule is COC(=O)C#Cc1cc(C)cc(C(=O)O)c1N. The van der Waals surface area contributed by atoms with Gasteiger partial charge in [-0.05, 0) is 24.6 Å². The molecule has 5 heteroatoms. The Morgan fingerprint density at radius 2 is 2.06 bits per heavy atom. The average Bonchev–Trinajstić information content (AvgIpc) is 2.28. The van der Waals surface area contributed by atoms with Gasteiger partial charge in [-0.2, -0.15) is 0 Å². The lowest BCUT2D eigenvalue weighted by atomic mass is 10.0. The quantitative estimate of drug-likeness (QED) is 0.425. The fraction of sp³-hybridized carbons (Fsp3) is 0.167. The van der Waals surface area contributed by atoms with Crippen molar-refractivity contribution in [2.24, 2.45) is 0 Å². The predicted octanol–water partition coefficient (Wildman–Crippen LogP) is 0.800. The van der Waals surface area contributed by atoms with Crippen molar-refractivity contribution in [3.05, 3.63) is 28.8 Å². The van der Waals surface area contributed by atoms with E-state index in [2.05, 4.69) is 16.6 Å². The zero-order valence-electron chi connectivity index (χ0n) is 9.40. The average molecular weight is 233 g/mol. The van der Waals surface area contributed by atoms with Gasteiger partial charge in [0.05, 0.1) is 18.4 Å². The van der Waals surface area contributed by atoms with Crippen LogP contribution in [0.2, 0.25) is 0 Å². The molecule has 0 heterocycles. The number of carbonyl (C=O) groups is 2. The highest BCUT2D eigenvalue weighted by Crippen LogP contribution is 2.19. The number of nitrogens with two attached hydrogens (primary N) is 1. The summed E-state index contributed by atoms with van der Waals surface area (Å²) in [6.45, 7) is 1.72. The Morgan fingerprint density at radius 3 is 2.59 bits per heavy atom. The van der Waals surface area contributed by atoms with Gasteiger partial charge >= 0.3 is 11.9 Å². The van der Waals surface area contributed by atoms with Crippen molar-refractivity contribution in [2.45, 2.75) is 6.92 Å². The molecule has 0 radical (unpaired) electrons. The molecule has 0 bridgehead atoms. The number of carboxylic acid groups (broad SMARTS) is 1. The first kappa shape index (κ1) is 12.6. The van der Waals surface area contributed by atoms with Crippen LogP contribution in [-0.2, 0) is 9.53 Å².